The van der Waals surface area contributed by atoms with Crippen molar-refractivity contribution in [2.75, 3.05) is 6.54 Å². The molecule has 1 unspecified atom stereocenters. The van der Waals surface area contributed by atoms with Gasteiger partial charge in [0, 0.05) is 19.0 Å². The minimum absolute atomic E-state index is 0.250. The molecule has 1 heterocycles. The van der Waals surface area contributed by atoms with E-state index >= 15 is 0 Å². The number of para-hydroxylation sites is 2. The summed E-state index contributed by atoms with van der Waals surface area (Å²) in [6.07, 6.45) is 0.931. The third-order valence-corrected chi connectivity index (χ3v) is 3.97. The van der Waals surface area contributed by atoms with E-state index in [-0.39, 0.29) is 5.92 Å². The molecule has 3 heteroatoms. The van der Waals surface area contributed by atoms with Crippen molar-refractivity contribution >= 4 is 11.0 Å². The number of fused-ring (bicyclic) bond motifs is 1. The van der Waals surface area contributed by atoms with Gasteiger partial charge in [0.1, 0.15) is 5.82 Å². The van der Waals surface area contributed by atoms with E-state index in [0.29, 0.717) is 6.54 Å². The Balaban J connectivity index is 2.00. The Hall–Kier alpha value is -2.13. The molecule has 0 aliphatic carbocycles. The van der Waals surface area contributed by atoms with Crippen LogP contribution in [0.4, 0.5) is 0 Å². The summed E-state index contributed by atoms with van der Waals surface area (Å²) in [4.78, 5) is 4.83. The van der Waals surface area contributed by atoms with Gasteiger partial charge in [-0.3, -0.25) is 0 Å². The van der Waals surface area contributed by atoms with E-state index < -0.39 is 0 Å². The third-order valence-electron chi connectivity index (χ3n) is 3.97. The summed E-state index contributed by atoms with van der Waals surface area (Å²) >= 11 is 0. The molecular weight excluding hydrogens is 258 g/mol. The summed E-state index contributed by atoms with van der Waals surface area (Å²) in [5.74, 6) is 1.35. The normalized spacial score (nSPS) is 12.7. The van der Waals surface area contributed by atoms with Gasteiger partial charge in [-0.2, -0.15) is 0 Å². The van der Waals surface area contributed by atoms with Crippen molar-refractivity contribution < 1.29 is 0 Å². The monoisotopic (exact) mass is 279 g/mol. The Labute approximate surface area is 125 Å². The SMILES string of the molecule is CCn1c(C(CN)Cc2ccccc2)nc2ccccc21. The zero-order valence-corrected chi connectivity index (χ0v) is 12.4. The van der Waals surface area contributed by atoms with E-state index in [4.69, 9.17) is 10.7 Å². The highest BCUT2D eigenvalue weighted by Crippen LogP contribution is 2.24. The first-order valence-corrected chi connectivity index (χ1v) is 7.52. The summed E-state index contributed by atoms with van der Waals surface area (Å²) in [7, 11) is 0. The summed E-state index contributed by atoms with van der Waals surface area (Å²) in [6.45, 7) is 3.69. The van der Waals surface area contributed by atoms with Gasteiger partial charge in [-0.05, 0) is 31.0 Å². The summed E-state index contributed by atoms with van der Waals surface area (Å²) in [6, 6.07) is 18.8. The predicted molar refractivity (Wildman–Crippen MR) is 87.3 cm³/mol. The molecule has 1 atom stereocenters. The maximum absolute atomic E-state index is 6.04. The van der Waals surface area contributed by atoms with Crippen molar-refractivity contribution in [1.29, 1.82) is 0 Å². The average Bonchev–Trinajstić information content (AvgIpc) is 2.92. The van der Waals surface area contributed by atoms with Crippen LogP contribution in [0.5, 0.6) is 0 Å². The van der Waals surface area contributed by atoms with E-state index in [2.05, 4.69) is 54.0 Å². The van der Waals surface area contributed by atoms with Gasteiger partial charge in [-0.25, -0.2) is 4.98 Å². The fourth-order valence-corrected chi connectivity index (χ4v) is 2.92. The minimum atomic E-state index is 0.250. The lowest BCUT2D eigenvalue weighted by Gasteiger charge is -2.16. The van der Waals surface area contributed by atoms with E-state index in [1.165, 1.54) is 11.1 Å². The first-order chi connectivity index (χ1) is 10.3. The van der Waals surface area contributed by atoms with E-state index in [1.54, 1.807) is 0 Å². The Kier molecular flexibility index (Phi) is 4.02. The molecule has 108 valence electrons. The lowest BCUT2D eigenvalue weighted by molar-refractivity contribution is 0.598. The van der Waals surface area contributed by atoms with Crippen LogP contribution in [0.3, 0.4) is 0 Å². The lowest BCUT2D eigenvalue weighted by Crippen LogP contribution is -2.19. The molecule has 3 nitrogen and oxygen atoms in total. The zero-order chi connectivity index (χ0) is 14.7. The Morgan fingerprint density at radius 1 is 1.05 bits per heavy atom. The van der Waals surface area contributed by atoms with Crippen LogP contribution in [-0.2, 0) is 13.0 Å². The van der Waals surface area contributed by atoms with Gasteiger partial charge in [0.15, 0.2) is 0 Å². The third kappa shape index (κ3) is 2.69. The average molecular weight is 279 g/mol. The summed E-state index contributed by atoms with van der Waals surface area (Å²) < 4.78 is 2.29. The number of hydrogen-bond acceptors (Lipinski definition) is 2. The van der Waals surface area contributed by atoms with Gasteiger partial charge in [0.25, 0.3) is 0 Å². The van der Waals surface area contributed by atoms with Crippen LogP contribution in [0.1, 0.15) is 24.2 Å². The van der Waals surface area contributed by atoms with Gasteiger partial charge in [0.2, 0.25) is 0 Å². The van der Waals surface area contributed by atoms with Crippen molar-refractivity contribution in [1.82, 2.24) is 9.55 Å². The number of aryl methyl sites for hydroxylation is 1. The highest BCUT2D eigenvalue weighted by molar-refractivity contribution is 5.76. The molecule has 0 radical (unpaired) electrons. The fourth-order valence-electron chi connectivity index (χ4n) is 2.92. The Bertz CT molecular complexity index is 716. The maximum atomic E-state index is 6.04. The second-order valence-electron chi connectivity index (χ2n) is 5.33. The lowest BCUT2D eigenvalue weighted by atomic mass is 9.98. The second-order valence-corrected chi connectivity index (χ2v) is 5.33. The summed E-state index contributed by atoms with van der Waals surface area (Å²) in [5, 5.41) is 0. The summed E-state index contributed by atoms with van der Waals surface area (Å²) in [5.41, 5.74) is 9.60. The van der Waals surface area contributed by atoms with Crippen LogP contribution in [0.25, 0.3) is 11.0 Å². The van der Waals surface area contributed by atoms with Gasteiger partial charge in [-0.1, -0.05) is 42.5 Å². The van der Waals surface area contributed by atoms with Gasteiger partial charge in [-0.15, -0.1) is 0 Å². The van der Waals surface area contributed by atoms with Crippen molar-refractivity contribution in [2.24, 2.45) is 5.73 Å². The number of hydrogen-bond donors (Lipinski definition) is 1. The topological polar surface area (TPSA) is 43.8 Å². The number of aromatic nitrogens is 2. The minimum Gasteiger partial charge on any atom is -0.330 e. The van der Waals surface area contributed by atoms with Crippen LogP contribution in [-0.4, -0.2) is 16.1 Å². The van der Waals surface area contributed by atoms with E-state index in [1.807, 2.05) is 12.1 Å². The molecule has 3 aromatic rings. The van der Waals surface area contributed by atoms with Crippen molar-refractivity contribution in [3.63, 3.8) is 0 Å². The van der Waals surface area contributed by atoms with Crippen molar-refractivity contribution in [3.05, 3.63) is 66.0 Å². The van der Waals surface area contributed by atoms with Crippen LogP contribution in [0.2, 0.25) is 0 Å². The number of rotatable bonds is 5. The van der Waals surface area contributed by atoms with E-state index in [0.717, 1.165) is 24.3 Å². The van der Waals surface area contributed by atoms with Crippen molar-refractivity contribution in [3.8, 4) is 0 Å². The quantitative estimate of drug-likeness (QED) is 0.778. The molecule has 21 heavy (non-hydrogen) atoms. The highest BCUT2D eigenvalue weighted by Gasteiger charge is 2.18. The molecule has 0 bridgehead atoms. The fraction of sp³-hybridized carbons (Fsp3) is 0.278. The highest BCUT2D eigenvalue weighted by atomic mass is 15.1. The molecule has 3 rings (SSSR count). The zero-order valence-electron chi connectivity index (χ0n) is 12.4. The van der Waals surface area contributed by atoms with Gasteiger partial charge < -0.3 is 10.3 Å². The van der Waals surface area contributed by atoms with Crippen LogP contribution >= 0.6 is 0 Å². The Morgan fingerprint density at radius 2 is 1.76 bits per heavy atom. The standard InChI is InChI=1S/C18H21N3/c1-2-21-17-11-7-6-10-16(17)20-18(21)15(13-19)12-14-8-4-3-5-9-14/h3-11,15H,2,12-13,19H2,1H3. The molecule has 0 fully saturated rings. The molecule has 2 aromatic carbocycles. The van der Waals surface area contributed by atoms with Gasteiger partial charge >= 0.3 is 0 Å². The molecule has 0 spiro atoms. The molecule has 0 aliphatic rings. The van der Waals surface area contributed by atoms with Crippen LogP contribution < -0.4 is 5.73 Å². The second kappa shape index (κ2) is 6.10. The molecular formula is C18H21N3. The number of benzene rings is 2. The number of imidazole rings is 1. The van der Waals surface area contributed by atoms with Crippen LogP contribution in [0, 0.1) is 0 Å². The predicted octanol–water partition coefficient (Wildman–Crippen LogP) is 3.34. The smallest absolute Gasteiger partial charge is 0.114 e. The first kappa shape index (κ1) is 13.8. The van der Waals surface area contributed by atoms with Gasteiger partial charge in [0.05, 0.1) is 11.0 Å². The van der Waals surface area contributed by atoms with Crippen molar-refractivity contribution in [2.45, 2.75) is 25.8 Å². The molecule has 0 saturated carbocycles. The largest absolute Gasteiger partial charge is 0.330 e. The first-order valence-electron chi connectivity index (χ1n) is 7.52. The Morgan fingerprint density at radius 3 is 2.48 bits per heavy atom. The number of nitrogens with two attached hydrogens (primary N) is 1. The molecule has 2 N–H and O–H groups in total. The molecule has 1 aromatic heterocycles. The van der Waals surface area contributed by atoms with Crippen LogP contribution in [0.15, 0.2) is 54.6 Å². The maximum Gasteiger partial charge on any atom is 0.114 e. The molecule has 0 aliphatic heterocycles. The molecule has 0 saturated heterocycles. The van der Waals surface area contributed by atoms with E-state index in [9.17, 15) is 0 Å². The number of nitrogens with zero attached hydrogens (tertiary/aromatic N) is 2. The molecule has 0 amide bonds.